The maximum Gasteiger partial charge on any atom is 0.329 e. The molecule has 1 N–H and O–H groups in total. The minimum Gasteiger partial charge on any atom is -0.370 e. The van der Waals surface area contributed by atoms with Crippen molar-refractivity contribution in [1.29, 1.82) is 0 Å². The average Bonchev–Trinajstić information content (AvgIpc) is 3.04. The summed E-state index contributed by atoms with van der Waals surface area (Å²) in [6.07, 6.45) is 3.17. The van der Waals surface area contributed by atoms with Crippen LogP contribution in [0.15, 0.2) is 40.0 Å². The number of anilines is 2. The molecule has 0 amide bonds. The molecule has 0 spiro atoms. The number of hydrogen-bond acceptors (Lipinski definition) is 4. The Morgan fingerprint density at radius 1 is 0.969 bits per heavy atom. The van der Waals surface area contributed by atoms with E-state index >= 15 is 0 Å². The Hall–Kier alpha value is -2.81. The molecule has 1 saturated heterocycles. The molecule has 3 aromatic rings. The van der Waals surface area contributed by atoms with Gasteiger partial charge in [-0.05, 0) is 69.9 Å². The predicted octanol–water partition coefficient (Wildman–Crippen LogP) is 4.08. The zero-order chi connectivity index (χ0) is 23.0. The molecular formula is C23H29FN4O3S. The van der Waals surface area contributed by atoms with Gasteiger partial charge in [-0.25, -0.2) is 17.6 Å². The summed E-state index contributed by atoms with van der Waals surface area (Å²) in [7, 11) is -4.02. The molecule has 0 unspecified atom stereocenters. The molecule has 32 heavy (non-hydrogen) atoms. The van der Waals surface area contributed by atoms with Gasteiger partial charge in [0.05, 0.1) is 27.3 Å². The number of imidazole rings is 1. The highest BCUT2D eigenvalue weighted by Gasteiger charge is 2.23. The zero-order valence-electron chi connectivity index (χ0n) is 18.7. The first kappa shape index (κ1) is 22.4. The second kappa shape index (κ2) is 8.61. The van der Waals surface area contributed by atoms with Gasteiger partial charge in [-0.1, -0.05) is 6.07 Å². The molecule has 7 nitrogen and oxygen atoms in total. The highest BCUT2D eigenvalue weighted by molar-refractivity contribution is 7.92. The van der Waals surface area contributed by atoms with Gasteiger partial charge in [-0.2, -0.15) is 0 Å². The fourth-order valence-electron chi connectivity index (χ4n) is 4.38. The quantitative estimate of drug-likeness (QED) is 0.601. The number of rotatable bonds is 6. The number of aromatic nitrogens is 2. The van der Waals surface area contributed by atoms with Crippen LogP contribution in [-0.4, -0.2) is 30.6 Å². The van der Waals surface area contributed by atoms with Crippen LogP contribution in [0, 0.1) is 12.7 Å². The molecule has 1 aliphatic heterocycles. The van der Waals surface area contributed by atoms with E-state index in [-0.39, 0.29) is 10.6 Å². The SMILES string of the molecule is CCn1c(=O)n(CC)c2cc(N3CCCCC3)c(NS(=O)(=O)c3ccc(C)c(F)c3)cc21. The Morgan fingerprint density at radius 2 is 1.59 bits per heavy atom. The molecule has 0 radical (unpaired) electrons. The lowest BCUT2D eigenvalue weighted by molar-refractivity contribution is 0.578. The standard InChI is InChI=1S/C23H29FN4O3S/c1-4-27-21-14-19(25-32(30,31)17-10-9-16(3)18(24)13-17)20(26-11-7-6-8-12-26)15-22(21)28(5-2)23(27)29/h9-10,13-15,25H,4-8,11-12H2,1-3H3. The van der Waals surface area contributed by atoms with E-state index in [1.165, 1.54) is 12.1 Å². The maximum absolute atomic E-state index is 14.1. The lowest BCUT2D eigenvalue weighted by Gasteiger charge is -2.31. The molecule has 0 bridgehead atoms. The van der Waals surface area contributed by atoms with Crippen LogP contribution >= 0.6 is 0 Å². The molecule has 1 fully saturated rings. The van der Waals surface area contributed by atoms with E-state index in [0.717, 1.165) is 49.6 Å². The molecule has 172 valence electrons. The van der Waals surface area contributed by atoms with Crippen molar-refractivity contribution < 1.29 is 12.8 Å². The number of nitrogens with one attached hydrogen (secondary N) is 1. The molecular weight excluding hydrogens is 431 g/mol. The number of piperidine rings is 1. The number of benzene rings is 2. The van der Waals surface area contributed by atoms with Crippen LogP contribution in [0.1, 0.15) is 38.7 Å². The molecule has 1 aliphatic rings. The van der Waals surface area contributed by atoms with Gasteiger partial charge in [-0.3, -0.25) is 13.9 Å². The summed E-state index contributed by atoms with van der Waals surface area (Å²) in [5, 5.41) is 0. The third-order valence-electron chi connectivity index (χ3n) is 6.16. The molecule has 4 rings (SSSR count). The van der Waals surface area contributed by atoms with Gasteiger partial charge in [-0.15, -0.1) is 0 Å². The monoisotopic (exact) mass is 460 g/mol. The summed E-state index contributed by atoms with van der Waals surface area (Å²) in [5.41, 5.74) is 2.86. The minimum atomic E-state index is -4.02. The Kier molecular flexibility index (Phi) is 6.03. The van der Waals surface area contributed by atoms with Crippen molar-refractivity contribution >= 4 is 32.4 Å². The van der Waals surface area contributed by atoms with Gasteiger partial charge in [0.2, 0.25) is 0 Å². The first-order chi connectivity index (χ1) is 15.3. The van der Waals surface area contributed by atoms with Crippen LogP contribution < -0.4 is 15.3 Å². The normalized spacial score (nSPS) is 14.8. The number of nitrogens with zero attached hydrogens (tertiary/aromatic N) is 3. The molecule has 0 aliphatic carbocycles. The van der Waals surface area contributed by atoms with Gasteiger partial charge in [0.1, 0.15) is 5.82 Å². The highest BCUT2D eigenvalue weighted by atomic mass is 32.2. The minimum absolute atomic E-state index is 0.116. The van der Waals surface area contributed by atoms with Crippen LogP contribution in [0.5, 0.6) is 0 Å². The van der Waals surface area contributed by atoms with E-state index in [1.807, 2.05) is 19.9 Å². The second-order valence-electron chi connectivity index (χ2n) is 8.19. The van der Waals surface area contributed by atoms with Crippen molar-refractivity contribution in [2.75, 3.05) is 22.7 Å². The predicted molar refractivity (Wildman–Crippen MR) is 126 cm³/mol. The second-order valence-corrected chi connectivity index (χ2v) is 9.88. The van der Waals surface area contributed by atoms with Gasteiger partial charge in [0.15, 0.2) is 0 Å². The summed E-state index contributed by atoms with van der Waals surface area (Å²) < 4.78 is 46.4. The lowest BCUT2D eigenvalue weighted by Crippen LogP contribution is -2.30. The lowest BCUT2D eigenvalue weighted by atomic mass is 10.1. The van der Waals surface area contributed by atoms with Crippen LogP contribution in [0.2, 0.25) is 0 Å². The first-order valence-electron chi connectivity index (χ1n) is 11.1. The largest absolute Gasteiger partial charge is 0.370 e. The summed E-state index contributed by atoms with van der Waals surface area (Å²) in [6.45, 7) is 8.01. The molecule has 0 atom stereocenters. The van der Waals surface area contributed by atoms with Crippen LogP contribution in [0.25, 0.3) is 11.0 Å². The average molecular weight is 461 g/mol. The van der Waals surface area contributed by atoms with Crippen molar-refractivity contribution in [3.8, 4) is 0 Å². The highest BCUT2D eigenvalue weighted by Crippen LogP contribution is 2.34. The van der Waals surface area contributed by atoms with E-state index in [4.69, 9.17) is 0 Å². The van der Waals surface area contributed by atoms with Crippen LogP contribution in [0.3, 0.4) is 0 Å². The van der Waals surface area contributed by atoms with Crippen molar-refractivity contribution in [2.24, 2.45) is 0 Å². The molecule has 2 heterocycles. The van der Waals surface area contributed by atoms with E-state index in [0.29, 0.717) is 29.9 Å². The van der Waals surface area contributed by atoms with Crippen LogP contribution in [0.4, 0.5) is 15.8 Å². The topological polar surface area (TPSA) is 76.3 Å². The van der Waals surface area contributed by atoms with Crippen molar-refractivity contribution in [3.63, 3.8) is 0 Å². The molecule has 9 heteroatoms. The fourth-order valence-corrected chi connectivity index (χ4v) is 5.46. The van der Waals surface area contributed by atoms with Gasteiger partial charge in [0, 0.05) is 26.2 Å². The fraction of sp³-hybridized carbons (Fsp3) is 0.435. The Bertz CT molecular complexity index is 1320. The van der Waals surface area contributed by atoms with E-state index < -0.39 is 15.8 Å². The summed E-state index contributed by atoms with van der Waals surface area (Å²) in [4.78, 5) is 14.9. The maximum atomic E-state index is 14.1. The third kappa shape index (κ3) is 3.90. The number of fused-ring (bicyclic) bond motifs is 1. The van der Waals surface area contributed by atoms with Crippen LogP contribution in [-0.2, 0) is 23.1 Å². The molecule has 0 saturated carbocycles. The Morgan fingerprint density at radius 3 is 2.19 bits per heavy atom. The smallest absolute Gasteiger partial charge is 0.329 e. The third-order valence-corrected chi connectivity index (χ3v) is 7.53. The number of halogens is 1. The molecule has 1 aromatic heterocycles. The van der Waals surface area contributed by atoms with Crippen molar-refractivity contribution in [2.45, 2.75) is 58.0 Å². The van der Waals surface area contributed by atoms with Crippen molar-refractivity contribution in [3.05, 3.63) is 52.2 Å². The summed E-state index contributed by atoms with van der Waals surface area (Å²) in [5.74, 6) is -0.570. The molecule has 2 aromatic carbocycles. The Labute approximate surface area is 187 Å². The first-order valence-corrected chi connectivity index (χ1v) is 12.6. The van der Waals surface area contributed by atoms with Gasteiger partial charge in [0.25, 0.3) is 10.0 Å². The summed E-state index contributed by atoms with van der Waals surface area (Å²) in [6, 6.07) is 7.53. The van der Waals surface area contributed by atoms with Gasteiger partial charge < -0.3 is 4.90 Å². The van der Waals surface area contributed by atoms with Gasteiger partial charge >= 0.3 is 5.69 Å². The van der Waals surface area contributed by atoms with E-state index in [2.05, 4.69) is 9.62 Å². The van der Waals surface area contributed by atoms with E-state index in [1.54, 1.807) is 22.1 Å². The number of sulfonamides is 1. The number of aryl methyl sites for hydroxylation is 3. The number of hydrogen-bond donors (Lipinski definition) is 1. The Balaban J connectivity index is 1.89. The van der Waals surface area contributed by atoms with Crippen molar-refractivity contribution in [1.82, 2.24) is 9.13 Å². The summed E-state index contributed by atoms with van der Waals surface area (Å²) >= 11 is 0. The zero-order valence-corrected chi connectivity index (χ0v) is 19.5. The van der Waals surface area contributed by atoms with E-state index in [9.17, 15) is 17.6 Å².